The van der Waals surface area contributed by atoms with Gasteiger partial charge in [-0.15, -0.1) is 11.8 Å². The second-order valence-electron chi connectivity index (χ2n) is 5.57. The summed E-state index contributed by atoms with van der Waals surface area (Å²) in [5.41, 5.74) is 1.65. The number of methoxy groups -OCH3 is 1. The molecule has 0 fully saturated rings. The van der Waals surface area contributed by atoms with Crippen LogP contribution in [0.3, 0.4) is 0 Å². The molecular formula is C19H20ClNO4S. The molecule has 138 valence electrons. The van der Waals surface area contributed by atoms with E-state index in [1.807, 2.05) is 25.3 Å². The van der Waals surface area contributed by atoms with Gasteiger partial charge < -0.3 is 14.8 Å². The first kappa shape index (κ1) is 20.1. The number of hydrogen-bond acceptors (Lipinski definition) is 5. The van der Waals surface area contributed by atoms with Crippen LogP contribution in [-0.2, 0) is 9.53 Å². The Hall–Kier alpha value is -2.18. The number of esters is 1. The van der Waals surface area contributed by atoms with E-state index in [4.69, 9.17) is 21.1 Å². The lowest BCUT2D eigenvalue weighted by Crippen LogP contribution is -2.30. The van der Waals surface area contributed by atoms with Crippen molar-refractivity contribution in [3.8, 4) is 5.75 Å². The first-order chi connectivity index (χ1) is 12.3. The molecule has 0 aliphatic heterocycles. The Kier molecular flexibility index (Phi) is 6.94. The molecule has 0 heterocycles. The number of rotatable bonds is 6. The average molecular weight is 394 g/mol. The van der Waals surface area contributed by atoms with Gasteiger partial charge >= 0.3 is 5.97 Å². The van der Waals surface area contributed by atoms with Crippen molar-refractivity contribution in [2.45, 2.75) is 24.8 Å². The van der Waals surface area contributed by atoms with E-state index in [2.05, 4.69) is 5.32 Å². The number of carbonyl (C=O) groups is 2. The molecular weight excluding hydrogens is 374 g/mol. The predicted molar refractivity (Wildman–Crippen MR) is 104 cm³/mol. The Bertz CT molecular complexity index is 808. The minimum absolute atomic E-state index is 0.391. The van der Waals surface area contributed by atoms with E-state index in [9.17, 15) is 9.59 Å². The summed E-state index contributed by atoms with van der Waals surface area (Å²) in [7, 11) is 1.48. The number of carbonyl (C=O) groups excluding carboxylic acids is 2. The van der Waals surface area contributed by atoms with Gasteiger partial charge in [-0.1, -0.05) is 11.6 Å². The Morgan fingerprint density at radius 1 is 1.19 bits per heavy atom. The molecule has 2 aromatic carbocycles. The summed E-state index contributed by atoms with van der Waals surface area (Å²) in [6.45, 7) is 3.33. The first-order valence-corrected chi connectivity index (χ1v) is 9.46. The highest BCUT2D eigenvalue weighted by molar-refractivity contribution is 7.98. The van der Waals surface area contributed by atoms with Crippen molar-refractivity contribution in [3.63, 3.8) is 0 Å². The second kappa shape index (κ2) is 8.96. The molecule has 0 radical (unpaired) electrons. The van der Waals surface area contributed by atoms with E-state index in [1.54, 1.807) is 36.0 Å². The van der Waals surface area contributed by atoms with Crippen molar-refractivity contribution in [2.24, 2.45) is 0 Å². The van der Waals surface area contributed by atoms with E-state index >= 15 is 0 Å². The minimum Gasteiger partial charge on any atom is -0.495 e. The van der Waals surface area contributed by atoms with Gasteiger partial charge in [-0.05, 0) is 56.0 Å². The fourth-order valence-electron chi connectivity index (χ4n) is 2.17. The first-order valence-electron chi connectivity index (χ1n) is 7.85. The zero-order valence-electron chi connectivity index (χ0n) is 15.0. The third-order valence-electron chi connectivity index (χ3n) is 3.72. The highest BCUT2D eigenvalue weighted by atomic mass is 35.5. The fraction of sp³-hybridized carbons (Fsp3) is 0.263. The number of aryl methyl sites for hydroxylation is 1. The lowest BCUT2D eigenvalue weighted by atomic mass is 10.2. The third-order valence-corrected chi connectivity index (χ3v) is 4.87. The summed E-state index contributed by atoms with van der Waals surface area (Å²) in [6.07, 6.45) is 0.982. The van der Waals surface area contributed by atoms with Crippen LogP contribution in [0.5, 0.6) is 5.75 Å². The largest absolute Gasteiger partial charge is 0.495 e. The number of thioether (sulfide) groups is 1. The SMILES string of the molecule is COc1cc(Cl)c(C)cc1NC(=O)[C@H](C)OC(=O)c1ccc(SC)cc1. The van der Waals surface area contributed by atoms with E-state index in [-0.39, 0.29) is 0 Å². The van der Waals surface area contributed by atoms with Crippen molar-refractivity contribution in [2.75, 3.05) is 18.7 Å². The zero-order valence-corrected chi connectivity index (χ0v) is 16.5. The van der Waals surface area contributed by atoms with Crippen LogP contribution < -0.4 is 10.1 Å². The van der Waals surface area contributed by atoms with Gasteiger partial charge in [-0.3, -0.25) is 4.79 Å². The van der Waals surface area contributed by atoms with Gasteiger partial charge in [0.05, 0.1) is 18.4 Å². The average Bonchev–Trinajstić information content (AvgIpc) is 2.64. The molecule has 2 rings (SSSR count). The molecule has 0 spiro atoms. The topological polar surface area (TPSA) is 64.6 Å². The number of benzene rings is 2. The Balaban J connectivity index is 2.05. The van der Waals surface area contributed by atoms with Crippen molar-refractivity contribution in [1.82, 2.24) is 0 Å². The Morgan fingerprint density at radius 2 is 1.85 bits per heavy atom. The molecule has 0 aliphatic rings. The minimum atomic E-state index is -0.969. The Morgan fingerprint density at radius 3 is 2.42 bits per heavy atom. The summed E-state index contributed by atoms with van der Waals surface area (Å²) in [4.78, 5) is 25.6. The number of ether oxygens (including phenoxy) is 2. The number of anilines is 1. The molecule has 0 saturated carbocycles. The summed E-state index contributed by atoms with van der Waals surface area (Å²) in [5, 5.41) is 3.24. The van der Waals surface area contributed by atoms with Crippen LogP contribution >= 0.6 is 23.4 Å². The summed E-state index contributed by atoms with van der Waals surface area (Å²) in [6, 6.07) is 10.3. The van der Waals surface area contributed by atoms with E-state index < -0.39 is 18.0 Å². The van der Waals surface area contributed by atoms with Crippen molar-refractivity contribution < 1.29 is 19.1 Å². The number of halogens is 1. The van der Waals surface area contributed by atoms with Crippen LogP contribution in [-0.4, -0.2) is 31.3 Å². The lowest BCUT2D eigenvalue weighted by molar-refractivity contribution is -0.123. The number of nitrogens with one attached hydrogen (secondary N) is 1. The summed E-state index contributed by atoms with van der Waals surface area (Å²) >= 11 is 7.64. The quantitative estimate of drug-likeness (QED) is 0.575. The van der Waals surface area contributed by atoms with Gasteiger partial charge in [0.2, 0.25) is 0 Å². The predicted octanol–water partition coefficient (Wildman–Crippen LogP) is 4.56. The van der Waals surface area contributed by atoms with Crippen LogP contribution in [0.2, 0.25) is 5.02 Å². The van der Waals surface area contributed by atoms with Crippen molar-refractivity contribution in [1.29, 1.82) is 0 Å². The lowest BCUT2D eigenvalue weighted by Gasteiger charge is -2.16. The summed E-state index contributed by atoms with van der Waals surface area (Å²) in [5.74, 6) is -0.584. The molecule has 5 nitrogen and oxygen atoms in total. The molecule has 0 aliphatic carbocycles. The number of hydrogen-bond donors (Lipinski definition) is 1. The van der Waals surface area contributed by atoms with E-state index in [0.717, 1.165) is 10.5 Å². The van der Waals surface area contributed by atoms with Crippen molar-refractivity contribution in [3.05, 3.63) is 52.5 Å². The fourth-order valence-corrected chi connectivity index (χ4v) is 2.74. The van der Waals surface area contributed by atoms with Gasteiger partial charge in [0.25, 0.3) is 5.91 Å². The van der Waals surface area contributed by atoms with Gasteiger partial charge in [0.1, 0.15) is 5.75 Å². The molecule has 1 amide bonds. The maximum absolute atomic E-state index is 12.4. The molecule has 0 unspecified atom stereocenters. The molecule has 1 atom stereocenters. The van der Waals surface area contributed by atoms with Crippen LogP contribution in [0.1, 0.15) is 22.8 Å². The zero-order chi connectivity index (χ0) is 19.3. The normalized spacial score (nSPS) is 11.6. The molecule has 7 heteroatoms. The third kappa shape index (κ3) is 4.93. The molecule has 0 aromatic heterocycles. The van der Waals surface area contributed by atoms with Gasteiger partial charge in [0, 0.05) is 16.0 Å². The Labute approximate surface area is 162 Å². The highest BCUT2D eigenvalue weighted by Crippen LogP contribution is 2.31. The molecule has 2 aromatic rings. The highest BCUT2D eigenvalue weighted by Gasteiger charge is 2.20. The van der Waals surface area contributed by atoms with Crippen LogP contribution in [0, 0.1) is 6.92 Å². The smallest absolute Gasteiger partial charge is 0.338 e. The van der Waals surface area contributed by atoms with Gasteiger partial charge in [0.15, 0.2) is 6.10 Å². The van der Waals surface area contributed by atoms with Crippen LogP contribution in [0.25, 0.3) is 0 Å². The maximum Gasteiger partial charge on any atom is 0.338 e. The second-order valence-corrected chi connectivity index (χ2v) is 6.85. The number of amides is 1. The molecule has 0 bridgehead atoms. The van der Waals surface area contributed by atoms with Gasteiger partial charge in [-0.25, -0.2) is 4.79 Å². The summed E-state index contributed by atoms with van der Waals surface area (Å²) < 4.78 is 10.5. The molecule has 1 N–H and O–H groups in total. The molecule has 0 saturated heterocycles. The van der Waals surface area contributed by atoms with Crippen LogP contribution in [0.4, 0.5) is 5.69 Å². The maximum atomic E-state index is 12.4. The van der Waals surface area contributed by atoms with Crippen molar-refractivity contribution >= 4 is 40.9 Å². The van der Waals surface area contributed by atoms with Gasteiger partial charge in [-0.2, -0.15) is 0 Å². The standard InChI is InChI=1S/C19H20ClNO4S/c1-11-9-16(17(24-3)10-15(11)20)21-18(22)12(2)25-19(23)13-5-7-14(26-4)8-6-13/h5-10,12H,1-4H3,(H,21,22)/t12-/m0/s1. The molecule has 26 heavy (non-hydrogen) atoms. The van der Waals surface area contributed by atoms with Crippen LogP contribution in [0.15, 0.2) is 41.3 Å². The monoisotopic (exact) mass is 393 g/mol. The van der Waals surface area contributed by atoms with E-state index in [1.165, 1.54) is 14.0 Å². The van der Waals surface area contributed by atoms with E-state index in [0.29, 0.717) is 22.0 Å².